The number of aliphatic imine (C=N–C) groups is 1. The second-order valence-electron chi connectivity index (χ2n) is 6.65. The zero-order valence-electron chi connectivity index (χ0n) is 15.8. The average molecular weight is 493 g/mol. The van der Waals surface area contributed by atoms with Crippen LogP contribution in [0.25, 0.3) is 0 Å². The van der Waals surface area contributed by atoms with Crippen molar-refractivity contribution < 1.29 is 8.42 Å². The van der Waals surface area contributed by atoms with E-state index in [1.807, 2.05) is 19.9 Å². The summed E-state index contributed by atoms with van der Waals surface area (Å²) in [4.78, 5) is 4.89. The average Bonchev–Trinajstić information content (AvgIpc) is 2.63. The van der Waals surface area contributed by atoms with E-state index in [4.69, 9.17) is 0 Å². The van der Waals surface area contributed by atoms with Gasteiger partial charge in [-0.25, -0.2) is 8.42 Å². The first kappa shape index (κ1) is 23.2. The topological polar surface area (TPSA) is 70.6 Å². The van der Waals surface area contributed by atoms with Crippen LogP contribution < -0.4 is 10.6 Å². The molecule has 0 bridgehead atoms. The molecule has 148 valence electrons. The Morgan fingerprint density at radius 1 is 1.15 bits per heavy atom. The quantitative estimate of drug-likeness (QED) is 0.345. The summed E-state index contributed by atoms with van der Waals surface area (Å²) in [6.07, 6.45) is 6.83. The number of rotatable bonds is 7. The molecule has 0 aliphatic heterocycles. The fourth-order valence-corrected chi connectivity index (χ4v) is 4.79. The molecule has 1 saturated carbocycles. The van der Waals surface area contributed by atoms with Crippen molar-refractivity contribution in [1.82, 2.24) is 10.6 Å². The predicted molar refractivity (Wildman–Crippen MR) is 119 cm³/mol. The fourth-order valence-electron chi connectivity index (χ4n) is 3.18. The van der Waals surface area contributed by atoms with E-state index in [2.05, 4.69) is 15.6 Å². The van der Waals surface area contributed by atoms with E-state index in [-0.39, 0.29) is 35.8 Å². The number of hydrogen-bond donors (Lipinski definition) is 2. The van der Waals surface area contributed by atoms with Gasteiger partial charge in [0, 0.05) is 18.6 Å². The first-order chi connectivity index (χ1) is 12.0. The Balaban J connectivity index is 0.00000338. The molecule has 0 aromatic heterocycles. The molecule has 2 rings (SSSR count). The van der Waals surface area contributed by atoms with E-state index in [0.717, 1.165) is 25.2 Å². The van der Waals surface area contributed by atoms with Crippen molar-refractivity contribution in [2.45, 2.75) is 69.4 Å². The molecule has 5 nitrogen and oxygen atoms in total. The number of nitrogens with one attached hydrogen (secondary N) is 2. The number of halogens is 1. The third-order valence-electron chi connectivity index (χ3n) is 4.62. The highest BCUT2D eigenvalue weighted by Gasteiger charge is 2.22. The van der Waals surface area contributed by atoms with Gasteiger partial charge in [-0.3, -0.25) is 4.99 Å². The Kier molecular flexibility index (Phi) is 10.5. The Bertz CT molecular complexity index is 644. The van der Waals surface area contributed by atoms with Gasteiger partial charge in [0.1, 0.15) is 0 Å². The van der Waals surface area contributed by atoms with Gasteiger partial charge in [0.25, 0.3) is 0 Å². The van der Waals surface area contributed by atoms with E-state index < -0.39 is 9.84 Å². The van der Waals surface area contributed by atoms with Crippen LogP contribution in [-0.2, 0) is 9.84 Å². The molecule has 2 N–H and O–H groups in total. The molecule has 26 heavy (non-hydrogen) atoms. The Morgan fingerprint density at radius 3 is 2.38 bits per heavy atom. The maximum atomic E-state index is 12.6. The van der Waals surface area contributed by atoms with Crippen LogP contribution in [-0.4, -0.2) is 38.8 Å². The molecule has 0 radical (unpaired) electrons. The first-order valence-corrected chi connectivity index (χ1v) is 11.1. The van der Waals surface area contributed by atoms with Crippen LogP contribution in [0.4, 0.5) is 0 Å². The molecule has 1 aromatic rings. The number of sulfone groups is 1. The van der Waals surface area contributed by atoms with Gasteiger partial charge in [-0.15, -0.1) is 24.0 Å². The van der Waals surface area contributed by atoms with Gasteiger partial charge in [0.2, 0.25) is 0 Å². The molecule has 1 aliphatic carbocycles. The summed E-state index contributed by atoms with van der Waals surface area (Å²) in [5, 5.41) is 6.83. The largest absolute Gasteiger partial charge is 0.354 e. The van der Waals surface area contributed by atoms with Crippen LogP contribution in [0.1, 0.15) is 52.4 Å². The Labute approximate surface area is 175 Å². The summed E-state index contributed by atoms with van der Waals surface area (Å²) in [6, 6.07) is 8.94. The van der Waals surface area contributed by atoms with Crippen molar-refractivity contribution in [2.24, 2.45) is 4.99 Å². The Hall–Kier alpha value is -0.830. The van der Waals surface area contributed by atoms with Crippen molar-refractivity contribution >= 4 is 39.8 Å². The molecule has 1 atom stereocenters. The van der Waals surface area contributed by atoms with E-state index >= 15 is 0 Å². The minimum absolute atomic E-state index is 0. The monoisotopic (exact) mass is 493 g/mol. The van der Waals surface area contributed by atoms with Gasteiger partial charge in [-0.05, 0) is 38.3 Å². The highest BCUT2D eigenvalue weighted by Crippen LogP contribution is 2.17. The normalized spacial score (nSPS) is 17.2. The van der Waals surface area contributed by atoms with E-state index in [1.165, 1.54) is 19.3 Å². The highest BCUT2D eigenvalue weighted by molar-refractivity contribution is 14.0. The molecule has 0 spiro atoms. The molecular weight excluding hydrogens is 461 g/mol. The minimum Gasteiger partial charge on any atom is -0.354 e. The van der Waals surface area contributed by atoms with Crippen LogP contribution >= 0.6 is 24.0 Å². The van der Waals surface area contributed by atoms with Crippen molar-refractivity contribution in [3.05, 3.63) is 30.3 Å². The van der Waals surface area contributed by atoms with Gasteiger partial charge in [0.05, 0.1) is 10.6 Å². The summed E-state index contributed by atoms with van der Waals surface area (Å²) >= 11 is 0. The van der Waals surface area contributed by atoms with E-state index in [0.29, 0.717) is 17.5 Å². The van der Waals surface area contributed by atoms with Gasteiger partial charge in [0.15, 0.2) is 15.8 Å². The van der Waals surface area contributed by atoms with E-state index in [9.17, 15) is 8.42 Å². The fraction of sp³-hybridized carbons (Fsp3) is 0.632. The molecule has 1 fully saturated rings. The maximum absolute atomic E-state index is 12.6. The number of benzene rings is 1. The lowest BCUT2D eigenvalue weighted by atomic mass is 9.96. The van der Waals surface area contributed by atoms with Crippen LogP contribution in [0, 0.1) is 0 Å². The molecule has 1 aliphatic rings. The number of guanidine groups is 1. The van der Waals surface area contributed by atoms with Crippen LogP contribution in [0.15, 0.2) is 40.2 Å². The molecule has 1 unspecified atom stereocenters. The lowest BCUT2D eigenvalue weighted by Gasteiger charge is -2.27. The lowest BCUT2D eigenvalue weighted by Crippen LogP contribution is -2.49. The third-order valence-corrected chi connectivity index (χ3v) is 6.45. The van der Waals surface area contributed by atoms with Crippen LogP contribution in [0.2, 0.25) is 0 Å². The van der Waals surface area contributed by atoms with E-state index in [1.54, 1.807) is 24.3 Å². The lowest BCUT2D eigenvalue weighted by molar-refractivity contribution is 0.408. The third kappa shape index (κ3) is 7.42. The Morgan fingerprint density at radius 2 is 1.81 bits per heavy atom. The maximum Gasteiger partial charge on any atom is 0.191 e. The van der Waals surface area contributed by atoms with Gasteiger partial charge < -0.3 is 10.6 Å². The van der Waals surface area contributed by atoms with Crippen molar-refractivity contribution in [3.8, 4) is 0 Å². The van der Waals surface area contributed by atoms with Crippen molar-refractivity contribution in [1.29, 1.82) is 0 Å². The zero-order valence-corrected chi connectivity index (χ0v) is 18.9. The molecule has 0 saturated heterocycles. The van der Waals surface area contributed by atoms with Crippen LogP contribution in [0.3, 0.4) is 0 Å². The second kappa shape index (κ2) is 11.8. The van der Waals surface area contributed by atoms with Gasteiger partial charge >= 0.3 is 0 Å². The van der Waals surface area contributed by atoms with Crippen molar-refractivity contribution in [3.63, 3.8) is 0 Å². The molecule has 7 heteroatoms. The van der Waals surface area contributed by atoms with Gasteiger partial charge in [-0.2, -0.15) is 0 Å². The smallest absolute Gasteiger partial charge is 0.191 e. The standard InChI is InChI=1S/C19H31N3O2S.HI/c1-3-16(15-25(23,24)18-13-9-6-10-14-18)21-19(20-4-2)22-17-11-7-5-8-12-17;/h6,9-10,13-14,16-17H,3-5,7-8,11-12,15H2,1-2H3,(H2,20,21,22);1H. The summed E-state index contributed by atoms with van der Waals surface area (Å²) in [5.74, 6) is 0.812. The zero-order chi connectivity index (χ0) is 18.1. The first-order valence-electron chi connectivity index (χ1n) is 9.40. The minimum atomic E-state index is -3.31. The molecule has 0 heterocycles. The van der Waals surface area contributed by atoms with Crippen LogP contribution in [0.5, 0.6) is 0 Å². The SMILES string of the molecule is CCN=C(NC1CCCCC1)NC(CC)CS(=O)(=O)c1ccccc1.I. The number of nitrogens with zero attached hydrogens (tertiary/aromatic N) is 1. The predicted octanol–water partition coefficient (Wildman–Crippen LogP) is 3.74. The molecule has 1 aromatic carbocycles. The van der Waals surface area contributed by atoms with Gasteiger partial charge in [-0.1, -0.05) is 44.4 Å². The highest BCUT2D eigenvalue weighted by atomic mass is 127. The summed E-state index contributed by atoms with van der Waals surface area (Å²) < 4.78 is 25.3. The summed E-state index contributed by atoms with van der Waals surface area (Å²) in [5.41, 5.74) is 0. The number of hydrogen-bond acceptors (Lipinski definition) is 3. The summed E-state index contributed by atoms with van der Waals surface area (Å²) in [6.45, 7) is 4.66. The second-order valence-corrected chi connectivity index (χ2v) is 8.68. The summed E-state index contributed by atoms with van der Waals surface area (Å²) in [7, 11) is -3.31. The van der Waals surface area contributed by atoms with Crippen molar-refractivity contribution in [2.75, 3.05) is 12.3 Å². The molecular formula is C19H32IN3O2S. The molecule has 0 amide bonds.